The van der Waals surface area contributed by atoms with Gasteiger partial charge < -0.3 is 15.5 Å². The van der Waals surface area contributed by atoms with E-state index in [1.54, 1.807) is 21.7 Å². The quantitative estimate of drug-likeness (QED) is 0.629. The number of rotatable bonds is 4. The summed E-state index contributed by atoms with van der Waals surface area (Å²) in [7, 11) is 0. The summed E-state index contributed by atoms with van der Waals surface area (Å²) in [5, 5.41) is 7.30. The van der Waals surface area contributed by atoms with Crippen LogP contribution in [-0.2, 0) is 4.79 Å². The number of aryl methyl sites for hydroxylation is 1. The minimum absolute atomic E-state index is 0.0674. The Bertz CT molecular complexity index is 1250. The first-order chi connectivity index (χ1) is 15.5. The molecular formula is C23H25ClN6O2. The lowest BCUT2D eigenvalue weighted by Crippen LogP contribution is -2.48. The zero-order valence-corrected chi connectivity index (χ0v) is 18.7. The predicted molar refractivity (Wildman–Crippen MR) is 126 cm³/mol. The third kappa shape index (κ3) is 3.84. The van der Waals surface area contributed by atoms with Crippen LogP contribution in [0, 0.1) is 6.92 Å². The molecule has 166 valence electrons. The Morgan fingerprint density at radius 3 is 2.75 bits per heavy atom. The van der Waals surface area contributed by atoms with Gasteiger partial charge in [-0.05, 0) is 49.6 Å². The van der Waals surface area contributed by atoms with E-state index >= 15 is 0 Å². The number of carbonyl (C=O) groups excluding carboxylic acids is 1. The molecule has 1 aliphatic carbocycles. The van der Waals surface area contributed by atoms with Gasteiger partial charge in [-0.3, -0.25) is 14.2 Å². The van der Waals surface area contributed by atoms with Crippen LogP contribution in [0.15, 0.2) is 35.3 Å². The van der Waals surface area contributed by atoms with E-state index in [0.717, 1.165) is 54.6 Å². The lowest BCUT2D eigenvalue weighted by molar-refractivity contribution is -0.118. The monoisotopic (exact) mass is 452 g/mol. The molecule has 3 aromatic rings. The minimum atomic E-state index is -0.197. The van der Waals surface area contributed by atoms with Gasteiger partial charge in [0.1, 0.15) is 10.7 Å². The van der Waals surface area contributed by atoms with Crippen LogP contribution in [0.4, 0.5) is 17.3 Å². The fourth-order valence-corrected chi connectivity index (χ4v) is 4.81. The summed E-state index contributed by atoms with van der Waals surface area (Å²) in [5.41, 5.74) is 3.10. The number of nitrogens with one attached hydrogen (secondary N) is 2. The van der Waals surface area contributed by atoms with E-state index in [4.69, 9.17) is 16.6 Å². The van der Waals surface area contributed by atoms with Crippen LogP contribution in [0.25, 0.3) is 11.0 Å². The number of halogens is 1. The highest BCUT2D eigenvalue weighted by Gasteiger charge is 2.23. The summed E-state index contributed by atoms with van der Waals surface area (Å²) in [5.74, 6) is 0.484. The van der Waals surface area contributed by atoms with E-state index < -0.39 is 0 Å². The number of hydrogen-bond acceptors (Lipinski definition) is 6. The predicted octanol–water partition coefficient (Wildman–Crippen LogP) is 3.55. The van der Waals surface area contributed by atoms with Gasteiger partial charge in [-0.15, -0.1) is 0 Å². The summed E-state index contributed by atoms with van der Waals surface area (Å²) >= 11 is 6.21. The molecule has 2 N–H and O–H groups in total. The number of aromatic nitrogens is 3. The Labute approximate surface area is 190 Å². The highest BCUT2D eigenvalue weighted by atomic mass is 35.5. The maximum absolute atomic E-state index is 12.8. The number of nitrogens with zero attached hydrogens (tertiary/aromatic N) is 4. The summed E-state index contributed by atoms with van der Waals surface area (Å²) in [4.78, 5) is 35.9. The van der Waals surface area contributed by atoms with Crippen molar-refractivity contribution in [2.45, 2.75) is 38.6 Å². The highest BCUT2D eigenvalue weighted by Crippen LogP contribution is 2.31. The van der Waals surface area contributed by atoms with E-state index in [1.165, 1.54) is 0 Å². The van der Waals surface area contributed by atoms with Gasteiger partial charge in [0.2, 0.25) is 11.9 Å². The molecule has 2 aliphatic rings. The third-order valence-electron chi connectivity index (χ3n) is 6.28. The standard InChI is InChI=1S/C23H25ClN6O2/c1-14-10-17(29-9-8-25-13-20(29)31)6-7-19(14)27-23-26-12-15-11-18(24)22(32)30(21(15)28-23)16-4-2-3-5-16/h6-7,10-12,16,25H,2-5,8-9,13H2,1H3,(H,26,27,28). The molecule has 1 amide bonds. The third-order valence-corrected chi connectivity index (χ3v) is 6.55. The lowest BCUT2D eigenvalue weighted by Gasteiger charge is -2.28. The number of hydrogen-bond donors (Lipinski definition) is 2. The average molecular weight is 453 g/mol. The molecule has 1 aliphatic heterocycles. The Morgan fingerprint density at radius 2 is 2.00 bits per heavy atom. The van der Waals surface area contributed by atoms with E-state index in [1.807, 2.05) is 25.1 Å². The Hall–Kier alpha value is -2.97. The number of carbonyl (C=O) groups is 1. The van der Waals surface area contributed by atoms with Gasteiger partial charge >= 0.3 is 0 Å². The van der Waals surface area contributed by atoms with Crippen LogP contribution in [0.5, 0.6) is 0 Å². The van der Waals surface area contributed by atoms with Gasteiger partial charge in [0, 0.05) is 42.1 Å². The van der Waals surface area contributed by atoms with Gasteiger partial charge in [-0.25, -0.2) is 4.98 Å². The van der Waals surface area contributed by atoms with Crippen LogP contribution >= 0.6 is 11.6 Å². The topological polar surface area (TPSA) is 92.2 Å². The number of pyridine rings is 1. The molecule has 1 saturated carbocycles. The molecule has 9 heteroatoms. The van der Waals surface area contributed by atoms with Crippen molar-refractivity contribution in [2.24, 2.45) is 0 Å². The summed E-state index contributed by atoms with van der Waals surface area (Å²) in [6.07, 6.45) is 5.80. The van der Waals surface area contributed by atoms with Crippen molar-refractivity contribution in [3.05, 3.63) is 51.4 Å². The van der Waals surface area contributed by atoms with Crippen LogP contribution in [0.2, 0.25) is 5.02 Å². The fraction of sp³-hybridized carbons (Fsp3) is 0.391. The van der Waals surface area contributed by atoms with Gasteiger partial charge in [-0.2, -0.15) is 4.98 Å². The molecule has 0 radical (unpaired) electrons. The molecule has 0 unspecified atom stereocenters. The summed E-state index contributed by atoms with van der Waals surface area (Å²) < 4.78 is 1.74. The Morgan fingerprint density at radius 1 is 1.19 bits per heavy atom. The molecule has 0 atom stereocenters. The molecule has 1 aromatic carbocycles. The Balaban J connectivity index is 1.48. The van der Waals surface area contributed by atoms with Crippen molar-refractivity contribution in [3.8, 4) is 0 Å². The van der Waals surface area contributed by atoms with E-state index in [9.17, 15) is 9.59 Å². The molecule has 2 fully saturated rings. The fourth-order valence-electron chi connectivity index (χ4n) is 4.60. The van der Waals surface area contributed by atoms with Crippen LogP contribution in [-0.4, -0.2) is 40.1 Å². The van der Waals surface area contributed by atoms with Crippen molar-refractivity contribution >= 4 is 45.9 Å². The molecule has 3 heterocycles. The first kappa shape index (κ1) is 20.9. The molecule has 5 rings (SSSR count). The minimum Gasteiger partial charge on any atom is -0.324 e. The first-order valence-corrected chi connectivity index (χ1v) is 11.4. The Kier molecular flexibility index (Phi) is 5.57. The number of benzene rings is 1. The second kappa shape index (κ2) is 8.52. The number of amides is 1. The molecule has 1 saturated heterocycles. The van der Waals surface area contributed by atoms with Gasteiger partial charge in [0.05, 0.1) is 6.54 Å². The first-order valence-electron chi connectivity index (χ1n) is 11.0. The largest absolute Gasteiger partial charge is 0.324 e. The smallest absolute Gasteiger partial charge is 0.271 e. The van der Waals surface area contributed by atoms with E-state index in [0.29, 0.717) is 24.7 Å². The average Bonchev–Trinajstić information content (AvgIpc) is 3.31. The zero-order chi connectivity index (χ0) is 22.2. The van der Waals surface area contributed by atoms with E-state index in [2.05, 4.69) is 15.6 Å². The number of anilines is 3. The van der Waals surface area contributed by atoms with Crippen molar-refractivity contribution in [1.29, 1.82) is 0 Å². The molecule has 32 heavy (non-hydrogen) atoms. The van der Waals surface area contributed by atoms with E-state index in [-0.39, 0.29) is 22.5 Å². The van der Waals surface area contributed by atoms with Gasteiger partial charge in [0.25, 0.3) is 5.56 Å². The van der Waals surface area contributed by atoms with Gasteiger partial charge in [-0.1, -0.05) is 24.4 Å². The molecule has 0 bridgehead atoms. The lowest BCUT2D eigenvalue weighted by atomic mass is 10.1. The maximum Gasteiger partial charge on any atom is 0.271 e. The second-order valence-corrected chi connectivity index (χ2v) is 8.83. The van der Waals surface area contributed by atoms with Crippen LogP contribution in [0.1, 0.15) is 37.3 Å². The SMILES string of the molecule is Cc1cc(N2CCNCC2=O)ccc1Nc1ncc2cc(Cl)c(=O)n(C3CCCC3)c2n1. The molecular weight excluding hydrogens is 428 g/mol. The van der Waals surface area contributed by atoms with Crippen molar-refractivity contribution in [2.75, 3.05) is 29.9 Å². The van der Waals surface area contributed by atoms with Crippen molar-refractivity contribution in [3.63, 3.8) is 0 Å². The van der Waals surface area contributed by atoms with Crippen LogP contribution < -0.4 is 21.1 Å². The summed E-state index contributed by atoms with van der Waals surface area (Å²) in [6.45, 7) is 3.77. The van der Waals surface area contributed by atoms with Crippen molar-refractivity contribution in [1.82, 2.24) is 19.9 Å². The number of piperazine rings is 1. The number of fused-ring (bicyclic) bond motifs is 1. The molecule has 8 nitrogen and oxygen atoms in total. The second-order valence-electron chi connectivity index (χ2n) is 8.42. The maximum atomic E-state index is 12.8. The summed E-state index contributed by atoms with van der Waals surface area (Å²) in [6, 6.07) is 7.59. The normalized spacial score (nSPS) is 17.3. The zero-order valence-electron chi connectivity index (χ0n) is 17.9. The van der Waals surface area contributed by atoms with Crippen molar-refractivity contribution < 1.29 is 4.79 Å². The molecule has 2 aromatic heterocycles. The highest BCUT2D eigenvalue weighted by molar-refractivity contribution is 6.31. The van der Waals surface area contributed by atoms with Crippen LogP contribution in [0.3, 0.4) is 0 Å². The van der Waals surface area contributed by atoms with Gasteiger partial charge in [0.15, 0.2) is 0 Å². The molecule has 0 spiro atoms.